The summed E-state index contributed by atoms with van der Waals surface area (Å²) in [4.78, 5) is 35.3. The van der Waals surface area contributed by atoms with E-state index in [9.17, 15) is 22.8 Å². The van der Waals surface area contributed by atoms with Gasteiger partial charge in [0.2, 0.25) is 0 Å². The Morgan fingerprint density at radius 2 is 0.977 bits per heavy atom. The zero-order valence-electron chi connectivity index (χ0n) is 24.8. The zero-order chi connectivity index (χ0) is 34.0. The Balaban J connectivity index is -0.000000533. The molecule has 0 fully saturated rings. The van der Waals surface area contributed by atoms with Crippen LogP contribution in [0.5, 0.6) is 0 Å². The number of rotatable bonds is 4. The average Bonchev–Trinajstić information content (AvgIpc) is 2.90. The number of sulfone groups is 1. The van der Waals surface area contributed by atoms with Gasteiger partial charge < -0.3 is 25.7 Å². The zero-order valence-corrected chi connectivity index (χ0v) is 26.4. The average molecular weight is 637 g/mol. The van der Waals surface area contributed by atoms with Crippen LogP contribution in [-0.4, -0.2) is 66.7 Å². The molecule has 0 aromatic heterocycles. The molecule has 234 valence electrons. The number of nitriles is 2. The fourth-order valence-corrected chi connectivity index (χ4v) is 2.02. The summed E-state index contributed by atoms with van der Waals surface area (Å²) in [5.41, 5.74) is 0.603. The molecule has 0 atom stereocenters. The van der Waals surface area contributed by atoms with Crippen LogP contribution in [0.1, 0.15) is 20.8 Å². The van der Waals surface area contributed by atoms with Gasteiger partial charge in [0, 0.05) is 30.8 Å². The molecule has 0 saturated carbocycles. The number of nitrogens with one attached hydrogen (secondary N) is 2. The topological polar surface area (TPSA) is 227 Å². The number of anilines is 2. The van der Waals surface area contributed by atoms with Gasteiger partial charge in [0.1, 0.15) is 33.5 Å². The van der Waals surface area contributed by atoms with Crippen LogP contribution in [0.2, 0.25) is 0 Å². The summed E-state index contributed by atoms with van der Waals surface area (Å²) >= 11 is 1.75. The van der Waals surface area contributed by atoms with Crippen molar-refractivity contribution < 1.29 is 43.2 Å². The predicted octanol–water partition coefficient (Wildman–Crippen LogP) is 4.62. The molecule has 0 heterocycles. The first kappa shape index (κ1) is 42.6. The fraction of sp³-hybridized carbons (Fsp3) is 0.250. The number of benzene rings is 2. The molecule has 2 aromatic rings. The Labute approximate surface area is 256 Å². The molecule has 0 aliphatic rings. The quantitative estimate of drug-likeness (QED) is 0.102. The van der Waals surface area contributed by atoms with Crippen molar-refractivity contribution in [3.05, 3.63) is 83.3 Å². The number of hydrogen-bond donors (Lipinski definition) is 5. The highest BCUT2D eigenvalue weighted by molar-refractivity contribution is 7.97. The van der Waals surface area contributed by atoms with Crippen molar-refractivity contribution >= 4 is 50.8 Å². The largest absolute Gasteiger partial charge is 0.511 e. The molecule has 2 amide bonds. The number of carbonyl (C=O) groups is 3. The van der Waals surface area contributed by atoms with Gasteiger partial charge in [0.25, 0.3) is 11.8 Å². The van der Waals surface area contributed by atoms with E-state index in [-0.39, 0.29) is 22.7 Å². The number of aliphatic hydroxyl groups excluding tert-OH is 2. The minimum absolute atomic E-state index is 0.279. The third-order valence-corrected chi connectivity index (χ3v) is 3.59. The molecular formula is C28H36N4O9S2. The summed E-state index contributed by atoms with van der Waals surface area (Å²) in [6.07, 6.45) is 6.40. The monoisotopic (exact) mass is 636 g/mol. The molecule has 0 unspecified atom stereocenters. The van der Waals surface area contributed by atoms with Crippen LogP contribution >= 0.6 is 11.8 Å². The Bertz CT molecular complexity index is 1300. The lowest BCUT2D eigenvalue weighted by Gasteiger charge is -2.03. The summed E-state index contributed by atoms with van der Waals surface area (Å²) in [6, 6.07) is 20.7. The first-order valence-corrected chi connectivity index (χ1v) is 15.6. The number of allylic oxidation sites excluding steroid dienone is 2. The molecule has 0 radical (unpaired) electrons. The summed E-state index contributed by atoms with van der Waals surface area (Å²) < 4.78 is 19.3. The second-order valence-electron chi connectivity index (χ2n) is 7.92. The molecular weight excluding hydrogens is 600 g/mol. The van der Waals surface area contributed by atoms with Gasteiger partial charge in [0.15, 0.2) is 11.1 Å². The van der Waals surface area contributed by atoms with Gasteiger partial charge in [-0.2, -0.15) is 27.5 Å². The lowest BCUT2D eigenvalue weighted by Crippen LogP contribution is -2.14. The van der Waals surface area contributed by atoms with Crippen molar-refractivity contribution in [2.24, 2.45) is 0 Å². The molecule has 15 heteroatoms. The predicted molar refractivity (Wildman–Crippen MR) is 167 cm³/mol. The molecule has 0 aliphatic carbocycles. The summed E-state index contributed by atoms with van der Waals surface area (Å²) in [7, 11) is -2.67. The number of thioether (sulfide) groups is 1. The highest BCUT2D eigenvalue weighted by Crippen LogP contribution is 2.09. The molecule has 0 saturated heterocycles. The molecule has 13 nitrogen and oxygen atoms in total. The van der Waals surface area contributed by atoms with Crippen LogP contribution in [0.25, 0.3) is 0 Å². The van der Waals surface area contributed by atoms with Crippen molar-refractivity contribution in [3.63, 3.8) is 0 Å². The van der Waals surface area contributed by atoms with Crippen LogP contribution in [0.4, 0.5) is 11.4 Å². The standard InChI is InChI=1S/2C11H10N2O2.C2H4O3.C2H6O2S.C2H6S/c2*1-8(14)10(7-12)11(15)13-9-5-3-2-4-6-9;1-2(3)5-4;1-5(2,3)4;1-3-2/h2*2-6,14H,1H3,(H,13,15);4H,1H3;1-2H3;1-2H3/b2*10-8-;;;. The molecule has 5 N–H and O–H groups in total. The third-order valence-electron chi connectivity index (χ3n) is 3.59. The van der Waals surface area contributed by atoms with Gasteiger partial charge in [-0.1, -0.05) is 36.4 Å². The maximum absolute atomic E-state index is 11.4. The molecule has 43 heavy (non-hydrogen) atoms. The lowest BCUT2D eigenvalue weighted by atomic mass is 10.2. The Hall–Kier alpha value is -4.83. The number of para-hydroxylation sites is 2. The van der Waals surface area contributed by atoms with Crippen LogP contribution in [0.3, 0.4) is 0 Å². The van der Waals surface area contributed by atoms with E-state index in [0.29, 0.717) is 11.4 Å². The van der Waals surface area contributed by atoms with Gasteiger partial charge in [-0.3, -0.25) is 9.59 Å². The minimum atomic E-state index is -2.67. The summed E-state index contributed by atoms with van der Waals surface area (Å²) in [6.45, 7) is 3.70. The number of carbonyl (C=O) groups excluding carboxylic acids is 3. The molecule has 0 spiro atoms. The SMILES string of the molecule is C/C(O)=C(\C#N)C(=O)Nc1ccccc1.C/C(O)=C(\C#N)C(=O)Nc1ccccc1.CC(=O)OO.CS(C)(=O)=O.CSC. The van der Waals surface area contributed by atoms with Crippen molar-refractivity contribution in [1.29, 1.82) is 10.5 Å². The Morgan fingerprint density at radius 3 is 1.14 bits per heavy atom. The summed E-state index contributed by atoms with van der Waals surface area (Å²) in [5.74, 6) is -2.48. The van der Waals surface area contributed by atoms with Crippen molar-refractivity contribution in [3.8, 4) is 12.1 Å². The van der Waals surface area contributed by atoms with E-state index in [2.05, 4.69) is 15.5 Å². The first-order valence-electron chi connectivity index (χ1n) is 11.7. The van der Waals surface area contributed by atoms with Crippen LogP contribution in [0, 0.1) is 22.7 Å². The van der Waals surface area contributed by atoms with Crippen LogP contribution < -0.4 is 10.6 Å². The molecule has 2 rings (SSSR count). The molecule has 0 aliphatic heterocycles. The maximum Gasteiger partial charge on any atom is 0.339 e. The Kier molecular flexibility index (Phi) is 24.7. The van der Waals surface area contributed by atoms with Crippen molar-refractivity contribution in [1.82, 2.24) is 0 Å². The normalized spacial score (nSPS) is 10.4. The maximum atomic E-state index is 11.4. The number of nitrogens with zero attached hydrogens (tertiary/aromatic N) is 2. The van der Waals surface area contributed by atoms with Gasteiger partial charge in [-0.25, -0.2) is 13.2 Å². The van der Waals surface area contributed by atoms with Gasteiger partial charge >= 0.3 is 5.97 Å². The van der Waals surface area contributed by atoms with Gasteiger partial charge in [-0.15, -0.1) is 0 Å². The number of aliphatic hydroxyl groups is 2. The van der Waals surface area contributed by atoms with E-state index in [0.717, 1.165) is 19.4 Å². The lowest BCUT2D eigenvalue weighted by molar-refractivity contribution is -0.231. The van der Waals surface area contributed by atoms with Gasteiger partial charge in [0.05, 0.1) is 0 Å². The van der Waals surface area contributed by atoms with Crippen molar-refractivity contribution in [2.45, 2.75) is 20.8 Å². The van der Waals surface area contributed by atoms with E-state index in [4.69, 9.17) is 26.0 Å². The summed E-state index contributed by atoms with van der Waals surface area (Å²) in [5, 5.41) is 47.6. The number of hydrogen-bond acceptors (Lipinski definition) is 12. The van der Waals surface area contributed by atoms with E-state index >= 15 is 0 Å². The smallest absolute Gasteiger partial charge is 0.339 e. The van der Waals surface area contributed by atoms with Crippen LogP contribution in [-0.2, 0) is 29.1 Å². The molecule has 0 bridgehead atoms. The van der Waals surface area contributed by atoms with Crippen LogP contribution in [0.15, 0.2) is 83.3 Å². The second kappa shape index (κ2) is 24.9. The highest BCUT2D eigenvalue weighted by atomic mass is 32.2. The first-order chi connectivity index (χ1) is 20.0. The van der Waals surface area contributed by atoms with Gasteiger partial charge in [-0.05, 0) is 50.6 Å². The van der Waals surface area contributed by atoms with E-state index < -0.39 is 27.6 Å². The van der Waals surface area contributed by atoms with E-state index in [1.165, 1.54) is 13.8 Å². The fourth-order valence-electron chi connectivity index (χ4n) is 2.02. The van der Waals surface area contributed by atoms with Crippen molar-refractivity contribution in [2.75, 3.05) is 35.7 Å². The third kappa shape index (κ3) is 27.1. The Morgan fingerprint density at radius 1 is 0.744 bits per heavy atom. The van der Waals surface area contributed by atoms with E-state index in [1.807, 2.05) is 24.6 Å². The minimum Gasteiger partial charge on any atom is -0.511 e. The number of amides is 2. The molecule has 2 aromatic carbocycles. The highest BCUT2D eigenvalue weighted by Gasteiger charge is 2.13. The van der Waals surface area contributed by atoms with E-state index in [1.54, 1.807) is 72.4 Å². The second-order valence-corrected chi connectivity index (χ2v) is 11.0.